The van der Waals surface area contributed by atoms with Crippen LogP contribution in [0.5, 0.6) is 115 Å². The van der Waals surface area contributed by atoms with E-state index in [0.29, 0.717) is 154 Å². The Balaban J connectivity index is 1.33. The molecule has 0 radical (unpaired) electrons. The summed E-state index contributed by atoms with van der Waals surface area (Å²) in [6, 6.07) is 33.1. The average Bonchev–Trinajstić information content (AvgIpc) is 0.662. The molecule has 0 amide bonds. The highest BCUT2D eigenvalue weighted by Gasteiger charge is 2.70. The second kappa shape index (κ2) is 27.7. The van der Waals surface area contributed by atoms with Crippen LogP contribution < -0.4 is 94.7 Å². The number of ether oxygens (including phenoxy) is 20. The molecule has 0 atom stereocenters. The largest absolute Gasteiger partial charge is 0.493 e. The molecule has 0 aromatic heterocycles. The van der Waals surface area contributed by atoms with E-state index in [4.69, 9.17) is 94.7 Å². The first kappa shape index (κ1) is 69.1. The van der Waals surface area contributed by atoms with Crippen molar-refractivity contribution < 1.29 is 94.7 Å². The maximum Gasteiger partial charge on any atom is 0.203 e. The quantitative estimate of drug-likeness (QED) is 0.0450. The summed E-state index contributed by atoms with van der Waals surface area (Å²) in [6.45, 7) is 0. The predicted octanol–water partition coefficient (Wildman–Crippen LogP) is 15.0. The molecule has 0 spiro atoms. The van der Waals surface area contributed by atoms with E-state index in [1.54, 1.807) is 142 Å². The van der Waals surface area contributed by atoms with Crippen molar-refractivity contribution in [3.8, 4) is 159 Å². The first-order valence-electron chi connectivity index (χ1n) is 31.7. The van der Waals surface area contributed by atoms with Gasteiger partial charge in [-0.3, -0.25) is 0 Å². The number of rotatable bonds is 28. The van der Waals surface area contributed by atoms with Gasteiger partial charge >= 0.3 is 0 Å². The lowest BCUT2D eigenvalue weighted by Gasteiger charge is -2.71. The van der Waals surface area contributed by atoms with Crippen molar-refractivity contribution in [1.29, 1.82) is 0 Å². The monoisotopic (exact) mass is 1340 g/mol. The average molecular weight is 1350 g/mol. The fourth-order valence-electron chi connectivity index (χ4n) is 16.7. The van der Waals surface area contributed by atoms with Crippen LogP contribution in [0, 0.1) is 0 Å². The summed E-state index contributed by atoms with van der Waals surface area (Å²) in [5, 5.41) is 0. The normalized spacial score (nSPS) is 18.7. The van der Waals surface area contributed by atoms with Crippen LogP contribution in [-0.2, 0) is 21.7 Å². The molecule has 8 aromatic carbocycles. The minimum Gasteiger partial charge on any atom is -0.493 e. The van der Waals surface area contributed by atoms with Gasteiger partial charge in [0.2, 0.25) is 23.0 Å². The van der Waals surface area contributed by atoms with Crippen molar-refractivity contribution in [2.45, 2.75) is 60.2 Å². The lowest BCUT2D eigenvalue weighted by atomic mass is 9.32. The van der Waals surface area contributed by atoms with Crippen molar-refractivity contribution in [2.75, 3.05) is 142 Å². The van der Waals surface area contributed by atoms with Crippen molar-refractivity contribution in [2.24, 2.45) is 0 Å². The molecule has 4 aliphatic rings. The van der Waals surface area contributed by atoms with E-state index in [-0.39, 0.29) is 0 Å². The summed E-state index contributed by atoms with van der Waals surface area (Å²) in [4.78, 5) is 0. The Hall–Kier alpha value is -10.2. The Labute approximate surface area is 573 Å². The van der Waals surface area contributed by atoms with Crippen LogP contribution in [0.3, 0.4) is 0 Å². The summed E-state index contributed by atoms with van der Waals surface area (Å²) < 4.78 is 124. The molecule has 4 fully saturated rings. The smallest absolute Gasteiger partial charge is 0.203 e. The molecular formula is C78H88O20. The standard InChI is InChI=1S/C78H88O20/c1-79-55-21-43(22-56(80-2)71(55)95-17)51-29-47(33-63(87-9)67(51)91-13)75-37-76(48-30-52(68(92-14)64(34-48)88-10)44-23-57(81-3)72(96-18)58(24-44)82-4)40-77(38-75,49-31-53(69(93-15)65(35-49)89-11)45-25-59(83-5)73(97-19)60(26-45)84-6)42-78(39-75,41-76)50-32-54(70(94-16)66(36-50)90-12)46-27-61(85-7)74(98-20)62(28-46)86-8/h21-36H,37-42H2,1-20H3. The van der Waals surface area contributed by atoms with Crippen molar-refractivity contribution >= 4 is 0 Å². The van der Waals surface area contributed by atoms with Gasteiger partial charge in [-0.25, -0.2) is 0 Å². The highest BCUT2D eigenvalue weighted by molar-refractivity contribution is 5.84. The first-order valence-corrected chi connectivity index (χ1v) is 31.7. The molecule has 98 heavy (non-hydrogen) atoms. The summed E-state index contributed by atoms with van der Waals surface area (Å²) in [5.74, 6) is 9.56. The summed E-state index contributed by atoms with van der Waals surface area (Å²) >= 11 is 0. The molecule has 4 bridgehead atoms. The van der Waals surface area contributed by atoms with E-state index in [1.165, 1.54) is 0 Å². The Morgan fingerprint density at radius 1 is 0.163 bits per heavy atom. The fourth-order valence-corrected chi connectivity index (χ4v) is 16.7. The second-order valence-electron chi connectivity index (χ2n) is 24.9. The van der Waals surface area contributed by atoms with Crippen LogP contribution in [0.2, 0.25) is 0 Å². The summed E-state index contributed by atoms with van der Waals surface area (Å²) in [7, 11) is 32.4. The molecule has 20 heteroatoms. The van der Waals surface area contributed by atoms with Gasteiger partial charge in [0.1, 0.15) is 0 Å². The molecule has 8 aromatic rings. The molecule has 20 nitrogen and oxygen atoms in total. The van der Waals surface area contributed by atoms with Crippen molar-refractivity contribution in [1.82, 2.24) is 0 Å². The zero-order chi connectivity index (χ0) is 70.2. The Kier molecular flexibility index (Phi) is 19.5. The van der Waals surface area contributed by atoms with Crippen LogP contribution in [0.1, 0.15) is 60.8 Å². The molecule has 0 heterocycles. The lowest BCUT2D eigenvalue weighted by molar-refractivity contribution is -0.0693. The highest BCUT2D eigenvalue weighted by atomic mass is 16.6. The highest BCUT2D eigenvalue weighted by Crippen LogP contribution is 2.76. The van der Waals surface area contributed by atoms with Gasteiger partial charge in [-0.05, 0) is 202 Å². The van der Waals surface area contributed by atoms with Gasteiger partial charge in [0.15, 0.2) is 92.0 Å². The Morgan fingerprint density at radius 2 is 0.296 bits per heavy atom. The van der Waals surface area contributed by atoms with Gasteiger partial charge < -0.3 is 94.7 Å². The molecular weight excluding hydrogens is 1260 g/mol. The van der Waals surface area contributed by atoms with Crippen LogP contribution in [0.15, 0.2) is 97.1 Å². The van der Waals surface area contributed by atoms with E-state index in [1.807, 2.05) is 48.5 Å². The number of methoxy groups -OCH3 is 20. The fraction of sp³-hybridized carbons (Fsp3) is 0.385. The summed E-state index contributed by atoms with van der Waals surface area (Å²) in [5.41, 5.74) is 6.82. The minimum absolute atomic E-state index is 0.440. The maximum absolute atomic E-state index is 6.52. The Morgan fingerprint density at radius 3 is 0.418 bits per heavy atom. The predicted molar refractivity (Wildman–Crippen MR) is 373 cm³/mol. The lowest BCUT2D eigenvalue weighted by Crippen LogP contribution is -2.67. The molecule has 12 rings (SSSR count). The van der Waals surface area contributed by atoms with E-state index in [0.717, 1.165) is 66.8 Å². The minimum atomic E-state index is -0.761. The van der Waals surface area contributed by atoms with E-state index in [9.17, 15) is 0 Å². The third-order valence-corrected chi connectivity index (χ3v) is 20.3. The molecule has 4 saturated carbocycles. The molecule has 4 aliphatic carbocycles. The van der Waals surface area contributed by atoms with Crippen LogP contribution in [0.4, 0.5) is 0 Å². The van der Waals surface area contributed by atoms with E-state index in [2.05, 4.69) is 48.5 Å². The Bertz CT molecular complexity index is 3630. The van der Waals surface area contributed by atoms with Gasteiger partial charge in [0, 0.05) is 22.3 Å². The van der Waals surface area contributed by atoms with E-state index < -0.39 is 21.7 Å². The first-order chi connectivity index (χ1) is 47.4. The topological polar surface area (TPSA) is 185 Å². The number of hydrogen-bond acceptors (Lipinski definition) is 20. The number of benzene rings is 8. The van der Waals surface area contributed by atoms with Crippen molar-refractivity contribution in [3.63, 3.8) is 0 Å². The van der Waals surface area contributed by atoms with Gasteiger partial charge in [-0.15, -0.1) is 0 Å². The molecule has 0 aliphatic heterocycles. The van der Waals surface area contributed by atoms with Gasteiger partial charge in [-0.1, -0.05) is 0 Å². The van der Waals surface area contributed by atoms with Crippen LogP contribution >= 0.6 is 0 Å². The van der Waals surface area contributed by atoms with Crippen molar-refractivity contribution in [3.05, 3.63) is 119 Å². The summed E-state index contributed by atoms with van der Waals surface area (Å²) in [6.07, 6.45) is 3.74. The molecule has 0 saturated heterocycles. The van der Waals surface area contributed by atoms with Gasteiger partial charge in [-0.2, -0.15) is 0 Å². The molecule has 0 N–H and O–H groups in total. The number of hydrogen-bond donors (Lipinski definition) is 0. The zero-order valence-corrected chi connectivity index (χ0v) is 59.6. The molecule has 0 unspecified atom stereocenters. The SMILES string of the molecule is COc1cc(-c2cc(C34CC5(c6cc(OC)c(OC)c(-c7cc(OC)c(OC)c(OC)c7)c6)CC(c6cc(OC)c(OC)c(-c7cc(OC)c(OC)c(OC)c7)c6)(C3)CC(c3cc(OC)c(OC)c(-c6cc(OC)c(OC)c(OC)c6)c3)(C4)C5)cc(OC)c2OC)cc(OC)c1OC. The van der Waals surface area contributed by atoms with Crippen LogP contribution in [0.25, 0.3) is 44.5 Å². The van der Waals surface area contributed by atoms with Gasteiger partial charge in [0.25, 0.3) is 0 Å². The second-order valence-corrected chi connectivity index (χ2v) is 24.9. The zero-order valence-electron chi connectivity index (χ0n) is 59.6. The maximum atomic E-state index is 6.52. The molecule has 520 valence electrons. The third kappa shape index (κ3) is 11.3. The third-order valence-electron chi connectivity index (χ3n) is 20.3. The van der Waals surface area contributed by atoms with Gasteiger partial charge in [0.05, 0.1) is 142 Å². The van der Waals surface area contributed by atoms with E-state index >= 15 is 0 Å². The van der Waals surface area contributed by atoms with Crippen LogP contribution in [-0.4, -0.2) is 142 Å².